The van der Waals surface area contributed by atoms with Crippen molar-refractivity contribution in [3.05, 3.63) is 75.8 Å². The fraction of sp³-hybridized carbons (Fsp3) is 0.387. The van der Waals surface area contributed by atoms with E-state index in [1.54, 1.807) is 41.5 Å². The molecule has 0 bridgehead atoms. The zero-order chi connectivity index (χ0) is 35.3. The van der Waals surface area contributed by atoms with Gasteiger partial charge in [-0.25, -0.2) is 0 Å². The van der Waals surface area contributed by atoms with Crippen molar-refractivity contribution in [3.8, 4) is 11.5 Å². The molecule has 0 saturated carbocycles. The first kappa shape index (κ1) is 38.9. The molecule has 11 nitrogen and oxygen atoms in total. The van der Waals surface area contributed by atoms with Gasteiger partial charge in [-0.2, -0.15) is 25.3 Å². The second-order valence-electron chi connectivity index (χ2n) is 11.7. The van der Waals surface area contributed by atoms with Crippen molar-refractivity contribution >= 4 is 59.3 Å². The summed E-state index contributed by atoms with van der Waals surface area (Å²) in [6.45, 7) is 9.73. The van der Waals surface area contributed by atoms with Crippen LogP contribution in [0.1, 0.15) is 57.5 Å². The van der Waals surface area contributed by atoms with Gasteiger partial charge in [-0.1, -0.05) is 64.7 Å². The Morgan fingerprint density at radius 2 is 1.09 bits per heavy atom. The molecule has 47 heavy (non-hydrogen) atoms. The molecular formula is C31H36Cl2O11S3. The number of carbonyl (C=O) groups excluding carboxylic acids is 1. The van der Waals surface area contributed by atoms with Crippen molar-refractivity contribution in [2.24, 2.45) is 17.8 Å². The lowest BCUT2D eigenvalue weighted by Crippen LogP contribution is -2.15. The van der Waals surface area contributed by atoms with Crippen molar-refractivity contribution in [3.63, 3.8) is 0 Å². The average Bonchev–Trinajstić information content (AvgIpc) is 2.99. The number of hydrogen-bond acceptors (Lipinski definition) is 11. The minimum absolute atomic E-state index is 0.00597. The molecule has 0 unspecified atom stereocenters. The molecule has 0 fully saturated rings. The van der Waals surface area contributed by atoms with Crippen molar-refractivity contribution in [1.82, 2.24) is 0 Å². The van der Waals surface area contributed by atoms with Gasteiger partial charge in [0.15, 0.2) is 5.78 Å². The van der Waals surface area contributed by atoms with Gasteiger partial charge < -0.3 is 4.74 Å². The molecule has 0 spiro atoms. The van der Waals surface area contributed by atoms with E-state index in [4.69, 9.17) is 40.5 Å². The minimum atomic E-state index is -4.66. The van der Waals surface area contributed by atoms with Crippen LogP contribution in [0.3, 0.4) is 0 Å². The Balaban J connectivity index is 2.21. The molecule has 0 aromatic heterocycles. The Morgan fingerprint density at radius 1 is 0.617 bits per heavy atom. The van der Waals surface area contributed by atoms with Gasteiger partial charge >= 0.3 is 20.2 Å². The highest BCUT2D eigenvalue weighted by molar-refractivity contribution is 7.87. The maximum Gasteiger partial charge on any atom is 0.300 e. The molecule has 258 valence electrons. The number of ether oxygens (including phenoxy) is 1. The molecule has 0 aliphatic carbocycles. The highest BCUT2D eigenvalue weighted by atomic mass is 35.5. The van der Waals surface area contributed by atoms with E-state index in [0.29, 0.717) is 0 Å². The second-order valence-corrected chi connectivity index (χ2v) is 17.3. The van der Waals surface area contributed by atoms with Crippen LogP contribution in [0.15, 0.2) is 69.3 Å². The molecule has 0 amide bonds. The van der Waals surface area contributed by atoms with Crippen LogP contribution in [-0.2, 0) is 42.9 Å². The molecule has 0 heterocycles. The lowest BCUT2D eigenvalue weighted by Gasteiger charge is -2.17. The van der Waals surface area contributed by atoms with Gasteiger partial charge in [0.05, 0.1) is 29.7 Å². The Labute approximate surface area is 286 Å². The topological polar surface area (TPSA) is 156 Å². The number of ketones is 1. The van der Waals surface area contributed by atoms with E-state index in [1.807, 2.05) is 0 Å². The van der Waals surface area contributed by atoms with Crippen LogP contribution in [0, 0.1) is 17.8 Å². The van der Waals surface area contributed by atoms with Crippen molar-refractivity contribution in [2.45, 2.75) is 56.2 Å². The first-order valence-electron chi connectivity index (χ1n) is 14.4. The van der Waals surface area contributed by atoms with E-state index in [1.165, 1.54) is 24.3 Å². The Kier molecular flexibility index (Phi) is 13.0. The molecule has 3 aromatic carbocycles. The average molecular weight is 752 g/mol. The summed E-state index contributed by atoms with van der Waals surface area (Å²) < 4.78 is 101. The van der Waals surface area contributed by atoms with Crippen LogP contribution in [0.5, 0.6) is 11.5 Å². The fourth-order valence-electron chi connectivity index (χ4n) is 3.67. The summed E-state index contributed by atoms with van der Waals surface area (Å²) in [4.78, 5) is 11.6. The number of carbonyl (C=O) groups is 1. The van der Waals surface area contributed by atoms with E-state index in [9.17, 15) is 30.0 Å². The largest absolute Gasteiger partial charge is 0.454 e. The van der Waals surface area contributed by atoms with Crippen LogP contribution in [0.2, 0.25) is 10.0 Å². The fourth-order valence-corrected chi connectivity index (χ4v) is 7.62. The quantitative estimate of drug-likeness (QED) is 0.109. The van der Waals surface area contributed by atoms with Gasteiger partial charge in [-0.15, -0.1) is 0 Å². The van der Waals surface area contributed by atoms with E-state index < -0.39 is 62.3 Å². The van der Waals surface area contributed by atoms with Gasteiger partial charge in [0, 0.05) is 16.1 Å². The monoisotopic (exact) mass is 750 g/mol. The van der Waals surface area contributed by atoms with Gasteiger partial charge in [-0.05, 0) is 72.4 Å². The standard InChI is InChI=1S/C31H36Cl2O11S3/c1-19(2)16-41-45(35,36)24-9-12-28(30(15-24)47(39,40)43-18-21(5)6)44-27-11-7-22(13-29(27)46(37,38)42-17-20(3)4)31(34)25-14-23(32)8-10-26(25)33/h7-15,19-21H,16-18H2,1-6H3. The van der Waals surface area contributed by atoms with Crippen molar-refractivity contribution < 1.29 is 47.3 Å². The number of hydrogen-bond donors (Lipinski definition) is 0. The number of halogens is 2. The van der Waals surface area contributed by atoms with Crippen LogP contribution in [0.25, 0.3) is 0 Å². The number of rotatable bonds is 16. The van der Waals surface area contributed by atoms with E-state index in [0.717, 1.165) is 30.3 Å². The maximum atomic E-state index is 13.5. The van der Waals surface area contributed by atoms with Crippen molar-refractivity contribution in [2.75, 3.05) is 19.8 Å². The summed E-state index contributed by atoms with van der Waals surface area (Å²) in [6, 6.07) is 10.5. The molecule has 0 aliphatic heterocycles. The van der Waals surface area contributed by atoms with Gasteiger partial charge in [0.25, 0.3) is 10.1 Å². The molecule has 0 N–H and O–H groups in total. The number of benzene rings is 3. The highest BCUT2D eigenvalue weighted by Gasteiger charge is 2.30. The Morgan fingerprint density at radius 3 is 1.60 bits per heavy atom. The Bertz CT molecular complexity index is 1940. The van der Waals surface area contributed by atoms with E-state index in [-0.39, 0.29) is 58.7 Å². The van der Waals surface area contributed by atoms with Crippen molar-refractivity contribution in [1.29, 1.82) is 0 Å². The molecule has 16 heteroatoms. The van der Waals surface area contributed by atoms with Crippen LogP contribution in [0.4, 0.5) is 0 Å². The van der Waals surface area contributed by atoms with Crippen LogP contribution in [-0.4, -0.2) is 50.9 Å². The smallest absolute Gasteiger partial charge is 0.300 e. The highest BCUT2D eigenvalue weighted by Crippen LogP contribution is 2.37. The van der Waals surface area contributed by atoms with Gasteiger partial charge in [0.2, 0.25) is 0 Å². The SMILES string of the molecule is CC(C)COS(=O)(=O)c1ccc(Oc2ccc(C(=O)c3cc(Cl)ccc3Cl)cc2S(=O)(=O)OCC(C)C)c(S(=O)(=O)OCC(C)C)c1. The second kappa shape index (κ2) is 15.8. The molecule has 0 aliphatic rings. The third kappa shape index (κ3) is 10.5. The summed E-state index contributed by atoms with van der Waals surface area (Å²) in [5.41, 5.74) is -0.114. The summed E-state index contributed by atoms with van der Waals surface area (Å²) in [6.07, 6.45) is 0. The zero-order valence-corrected chi connectivity index (χ0v) is 30.5. The van der Waals surface area contributed by atoms with E-state index >= 15 is 0 Å². The van der Waals surface area contributed by atoms with E-state index in [2.05, 4.69) is 0 Å². The molecular weight excluding hydrogens is 715 g/mol. The predicted octanol–water partition coefficient (Wildman–Crippen LogP) is 7.10. The summed E-state index contributed by atoms with van der Waals surface area (Å²) in [7, 11) is -13.7. The molecule has 0 saturated heterocycles. The third-order valence-corrected chi connectivity index (χ3v) is 10.5. The lowest BCUT2D eigenvalue weighted by atomic mass is 10.0. The van der Waals surface area contributed by atoms with Gasteiger partial charge in [-0.3, -0.25) is 17.3 Å². The van der Waals surface area contributed by atoms with Crippen LogP contribution < -0.4 is 4.74 Å². The third-order valence-electron chi connectivity index (χ3n) is 6.01. The summed E-state index contributed by atoms with van der Waals surface area (Å²) in [5, 5.41) is 0.295. The molecule has 0 atom stereocenters. The van der Waals surface area contributed by atoms with Gasteiger partial charge in [0.1, 0.15) is 21.3 Å². The normalized spacial score (nSPS) is 12.7. The first-order valence-corrected chi connectivity index (χ1v) is 19.4. The lowest BCUT2D eigenvalue weighted by molar-refractivity contribution is 0.103. The zero-order valence-electron chi connectivity index (χ0n) is 26.5. The molecule has 3 rings (SSSR count). The summed E-state index contributed by atoms with van der Waals surface area (Å²) >= 11 is 12.3. The minimum Gasteiger partial charge on any atom is -0.454 e. The molecule has 0 radical (unpaired) electrons. The Hall–Kier alpha value is -2.56. The molecule has 3 aromatic rings. The maximum absolute atomic E-state index is 13.5. The first-order chi connectivity index (χ1) is 21.7. The van der Waals surface area contributed by atoms with Crippen LogP contribution >= 0.6 is 23.2 Å². The summed E-state index contributed by atoms with van der Waals surface area (Å²) in [5.74, 6) is -2.11. The predicted molar refractivity (Wildman–Crippen MR) is 177 cm³/mol.